The van der Waals surface area contributed by atoms with Crippen molar-refractivity contribution in [2.24, 2.45) is 10.9 Å². The fraction of sp³-hybridized carbons (Fsp3) is 0.667. The number of carbonyl (C=O) groups excluding carboxylic acids is 1. The van der Waals surface area contributed by atoms with Crippen molar-refractivity contribution < 1.29 is 4.79 Å². The highest BCUT2D eigenvalue weighted by molar-refractivity contribution is 5.80. The maximum absolute atomic E-state index is 11.9. The molecule has 0 spiro atoms. The number of piperidine rings is 1. The van der Waals surface area contributed by atoms with Crippen LogP contribution in [0.5, 0.6) is 0 Å². The van der Waals surface area contributed by atoms with Gasteiger partial charge in [0.2, 0.25) is 5.91 Å². The van der Waals surface area contributed by atoms with Crippen LogP contribution in [0.25, 0.3) is 0 Å². The molecule has 1 aromatic rings. The first kappa shape index (κ1) is 22.6. The van der Waals surface area contributed by atoms with Crippen LogP contribution in [0.3, 0.4) is 0 Å². The number of nitrogens with zero attached hydrogens (tertiary/aromatic N) is 3. The van der Waals surface area contributed by atoms with Crippen molar-refractivity contribution >= 4 is 11.9 Å². The van der Waals surface area contributed by atoms with Crippen molar-refractivity contribution in [1.82, 2.24) is 20.4 Å². The fourth-order valence-electron chi connectivity index (χ4n) is 4.24. The predicted molar refractivity (Wildman–Crippen MR) is 123 cm³/mol. The Morgan fingerprint density at radius 2 is 1.77 bits per heavy atom. The Balaban J connectivity index is 1.50. The molecule has 1 unspecified atom stereocenters. The molecule has 2 aliphatic heterocycles. The van der Waals surface area contributed by atoms with E-state index in [1.54, 1.807) is 0 Å². The number of nitrogens with one attached hydrogen (secondary N) is 2. The van der Waals surface area contributed by atoms with E-state index in [2.05, 4.69) is 53.6 Å². The van der Waals surface area contributed by atoms with E-state index in [-0.39, 0.29) is 11.9 Å². The van der Waals surface area contributed by atoms with Crippen LogP contribution in [0, 0.1) is 5.92 Å². The summed E-state index contributed by atoms with van der Waals surface area (Å²) in [5.74, 6) is 1.95. The summed E-state index contributed by atoms with van der Waals surface area (Å²) in [6, 6.07) is 9.16. The summed E-state index contributed by atoms with van der Waals surface area (Å²) < 4.78 is 0. The zero-order valence-electron chi connectivity index (χ0n) is 19.0. The van der Waals surface area contributed by atoms with E-state index in [0.29, 0.717) is 13.0 Å². The van der Waals surface area contributed by atoms with Crippen LogP contribution in [0.4, 0.5) is 0 Å². The summed E-state index contributed by atoms with van der Waals surface area (Å²) >= 11 is 0. The summed E-state index contributed by atoms with van der Waals surface area (Å²) in [6.07, 6.45) is 4.19. The summed E-state index contributed by atoms with van der Waals surface area (Å²) in [6.45, 7) is 12.9. The molecular weight excluding hydrogens is 374 g/mol. The van der Waals surface area contributed by atoms with Gasteiger partial charge in [-0.3, -0.25) is 9.69 Å². The predicted octanol–water partition coefficient (Wildman–Crippen LogP) is 2.98. The number of aliphatic imine (C=N–C) groups is 1. The van der Waals surface area contributed by atoms with E-state index < -0.39 is 0 Å². The number of benzene rings is 1. The van der Waals surface area contributed by atoms with Crippen molar-refractivity contribution in [3.8, 4) is 0 Å². The lowest BCUT2D eigenvalue weighted by Gasteiger charge is -2.30. The lowest BCUT2D eigenvalue weighted by atomic mass is 9.99. The molecule has 2 heterocycles. The van der Waals surface area contributed by atoms with Crippen molar-refractivity contribution in [2.45, 2.75) is 65.6 Å². The minimum atomic E-state index is 0.236. The van der Waals surface area contributed by atoms with Gasteiger partial charge in [-0.25, -0.2) is 4.99 Å². The normalized spacial score (nSPS) is 21.1. The first-order valence-electron chi connectivity index (χ1n) is 11.7. The number of amides is 1. The molecule has 166 valence electrons. The van der Waals surface area contributed by atoms with Crippen LogP contribution in [-0.4, -0.2) is 60.4 Å². The second kappa shape index (κ2) is 11.3. The molecule has 2 aliphatic rings. The van der Waals surface area contributed by atoms with Gasteiger partial charge in [0.15, 0.2) is 5.96 Å². The van der Waals surface area contributed by atoms with Gasteiger partial charge < -0.3 is 15.5 Å². The molecule has 0 saturated carbocycles. The fourth-order valence-corrected chi connectivity index (χ4v) is 4.24. The highest BCUT2D eigenvalue weighted by atomic mass is 16.2. The molecule has 2 N–H and O–H groups in total. The molecule has 6 nitrogen and oxygen atoms in total. The zero-order valence-corrected chi connectivity index (χ0v) is 19.0. The van der Waals surface area contributed by atoms with Gasteiger partial charge in [-0.15, -0.1) is 0 Å². The topological polar surface area (TPSA) is 60.0 Å². The SMILES string of the molecule is CCNC(=NCc1ccc(CN2CCC(C)CC2)cc1)NC1CCN(C(=O)CC)C1. The molecule has 1 atom stereocenters. The maximum Gasteiger partial charge on any atom is 0.222 e. The molecule has 0 aliphatic carbocycles. The summed E-state index contributed by atoms with van der Waals surface area (Å²) in [7, 11) is 0. The van der Waals surface area contributed by atoms with E-state index in [1.807, 2.05) is 11.8 Å². The lowest BCUT2D eigenvalue weighted by Crippen LogP contribution is -2.45. The minimum Gasteiger partial charge on any atom is -0.357 e. The van der Waals surface area contributed by atoms with Crippen LogP contribution in [0.2, 0.25) is 0 Å². The molecule has 2 fully saturated rings. The molecule has 0 aromatic heterocycles. The molecule has 1 amide bonds. The Hall–Kier alpha value is -2.08. The monoisotopic (exact) mass is 413 g/mol. The molecule has 30 heavy (non-hydrogen) atoms. The number of guanidine groups is 1. The third-order valence-corrected chi connectivity index (χ3v) is 6.25. The Kier molecular flexibility index (Phi) is 8.55. The average molecular weight is 414 g/mol. The summed E-state index contributed by atoms with van der Waals surface area (Å²) in [5.41, 5.74) is 2.60. The highest BCUT2D eigenvalue weighted by Gasteiger charge is 2.25. The molecule has 6 heteroatoms. The van der Waals surface area contributed by atoms with Crippen LogP contribution in [-0.2, 0) is 17.9 Å². The zero-order chi connectivity index (χ0) is 21.3. The van der Waals surface area contributed by atoms with Gasteiger partial charge in [-0.2, -0.15) is 0 Å². The summed E-state index contributed by atoms with van der Waals surface area (Å²) in [4.78, 5) is 21.2. The standard InChI is InChI=1S/C24H39N5O/c1-4-23(30)29-15-12-22(18-29)27-24(25-5-2)26-16-20-6-8-21(9-7-20)17-28-13-10-19(3)11-14-28/h6-9,19,22H,4-5,10-18H2,1-3H3,(H2,25,26,27). The van der Waals surface area contributed by atoms with Crippen LogP contribution in [0.15, 0.2) is 29.3 Å². The molecule has 0 bridgehead atoms. The molecule has 0 radical (unpaired) electrons. The Morgan fingerprint density at radius 3 is 2.43 bits per heavy atom. The third-order valence-electron chi connectivity index (χ3n) is 6.25. The first-order chi connectivity index (χ1) is 14.6. The van der Waals surface area contributed by atoms with Gasteiger partial charge in [-0.1, -0.05) is 38.1 Å². The molecule has 1 aromatic carbocycles. The Morgan fingerprint density at radius 1 is 1.07 bits per heavy atom. The van der Waals surface area contributed by atoms with Crippen LogP contribution in [0.1, 0.15) is 57.6 Å². The number of likely N-dealkylation sites (tertiary alicyclic amines) is 2. The Bertz CT molecular complexity index is 694. The van der Waals surface area contributed by atoms with Crippen molar-refractivity contribution in [3.05, 3.63) is 35.4 Å². The van der Waals surface area contributed by atoms with E-state index in [4.69, 9.17) is 4.99 Å². The van der Waals surface area contributed by atoms with E-state index >= 15 is 0 Å². The highest BCUT2D eigenvalue weighted by Crippen LogP contribution is 2.18. The minimum absolute atomic E-state index is 0.236. The van der Waals surface area contributed by atoms with Crippen molar-refractivity contribution in [1.29, 1.82) is 0 Å². The van der Waals surface area contributed by atoms with E-state index in [1.165, 1.54) is 37.1 Å². The molecule has 2 saturated heterocycles. The quantitative estimate of drug-likeness (QED) is 0.533. The number of rotatable bonds is 7. The average Bonchev–Trinajstić information content (AvgIpc) is 3.23. The van der Waals surface area contributed by atoms with Gasteiger partial charge in [0.05, 0.1) is 6.54 Å². The number of hydrogen-bond acceptors (Lipinski definition) is 3. The van der Waals surface area contributed by atoms with Gasteiger partial charge in [-0.05, 0) is 56.3 Å². The summed E-state index contributed by atoms with van der Waals surface area (Å²) in [5, 5.41) is 6.84. The largest absolute Gasteiger partial charge is 0.357 e. The van der Waals surface area contributed by atoms with E-state index in [9.17, 15) is 4.79 Å². The molecule has 3 rings (SSSR count). The first-order valence-corrected chi connectivity index (χ1v) is 11.7. The second-order valence-corrected chi connectivity index (χ2v) is 8.79. The van der Waals surface area contributed by atoms with Gasteiger partial charge in [0, 0.05) is 38.6 Å². The lowest BCUT2D eigenvalue weighted by molar-refractivity contribution is -0.129. The van der Waals surface area contributed by atoms with Gasteiger partial charge in [0.1, 0.15) is 0 Å². The number of carbonyl (C=O) groups is 1. The van der Waals surface area contributed by atoms with Crippen LogP contribution < -0.4 is 10.6 Å². The second-order valence-electron chi connectivity index (χ2n) is 8.79. The van der Waals surface area contributed by atoms with Crippen LogP contribution >= 0.6 is 0 Å². The maximum atomic E-state index is 11.9. The third kappa shape index (κ3) is 6.73. The Labute approximate surface area is 182 Å². The van der Waals surface area contributed by atoms with Gasteiger partial charge in [0.25, 0.3) is 0 Å². The molecular formula is C24H39N5O. The van der Waals surface area contributed by atoms with Crippen molar-refractivity contribution in [3.63, 3.8) is 0 Å². The van der Waals surface area contributed by atoms with Crippen molar-refractivity contribution in [2.75, 3.05) is 32.7 Å². The smallest absolute Gasteiger partial charge is 0.222 e. The van der Waals surface area contributed by atoms with Gasteiger partial charge >= 0.3 is 0 Å². The van der Waals surface area contributed by atoms with E-state index in [0.717, 1.165) is 44.5 Å². The number of hydrogen-bond donors (Lipinski definition) is 2.